The fourth-order valence-electron chi connectivity index (χ4n) is 0.927. The van der Waals surface area contributed by atoms with Gasteiger partial charge in [-0.2, -0.15) is 0 Å². The van der Waals surface area contributed by atoms with Crippen LogP contribution in [0.2, 0.25) is 0 Å². The Kier molecular flexibility index (Phi) is 2.62. The first kappa shape index (κ1) is 9.39. The van der Waals surface area contributed by atoms with E-state index in [9.17, 15) is 7.67 Å². The molecule has 0 aliphatic rings. The van der Waals surface area contributed by atoms with Gasteiger partial charge in [0.25, 0.3) is 0 Å². The molecule has 1 aromatic rings. The third-order valence-electron chi connectivity index (χ3n) is 1.58. The molecule has 0 amide bonds. The second-order valence-electron chi connectivity index (χ2n) is 2.39. The van der Waals surface area contributed by atoms with Crippen molar-refractivity contribution in [2.24, 2.45) is 0 Å². The van der Waals surface area contributed by atoms with Crippen molar-refractivity contribution >= 4 is 17.5 Å². The summed E-state index contributed by atoms with van der Waals surface area (Å²) in [6.45, 7) is 1.75. The van der Waals surface area contributed by atoms with Gasteiger partial charge in [0.15, 0.2) is 0 Å². The van der Waals surface area contributed by atoms with Crippen LogP contribution in [-0.2, 0) is 11.5 Å². The molecule has 0 atom stereocenters. The maximum absolute atomic E-state index is 11.3. The monoisotopic (exact) mass is 234 g/mol. The fraction of sp³-hybridized carbons (Fsp3) is 0.250. The normalized spacial score (nSPS) is 11.5. The van der Waals surface area contributed by atoms with Gasteiger partial charge in [0.05, 0.1) is 0 Å². The van der Waals surface area contributed by atoms with Crippen molar-refractivity contribution in [3.63, 3.8) is 0 Å². The van der Waals surface area contributed by atoms with Crippen molar-refractivity contribution in [1.29, 1.82) is 0 Å². The van der Waals surface area contributed by atoms with Crippen LogP contribution in [0.1, 0.15) is 5.56 Å². The minimum atomic E-state index is -4.28. The van der Waals surface area contributed by atoms with Gasteiger partial charge in [0, 0.05) is 0 Å². The Bertz CT molecular complexity index is 368. The topological polar surface area (TPSA) is 43.4 Å². The average molecular weight is 233 g/mol. The van der Waals surface area contributed by atoms with E-state index in [4.69, 9.17) is 0 Å². The molecular weight excluding hydrogens is 223 g/mol. The zero-order valence-electron chi connectivity index (χ0n) is 6.94. The summed E-state index contributed by atoms with van der Waals surface area (Å²) in [7, 11) is 1.19. The van der Waals surface area contributed by atoms with Gasteiger partial charge in [-0.15, -0.1) is 0 Å². The molecule has 0 heterocycles. The van der Waals surface area contributed by atoms with E-state index in [-0.39, 0.29) is 0 Å². The molecule has 0 spiro atoms. The van der Waals surface area contributed by atoms with Crippen molar-refractivity contribution in [2.75, 3.05) is 7.11 Å². The molecule has 0 aliphatic carbocycles. The van der Waals surface area contributed by atoms with Gasteiger partial charge in [-0.05, 0) is 0 Å². The minimum absolute atomic E-state index is 0.302. The van der Waals surface area contributed by atoms with Gasteiger partial charge in [-0.25, -0.2) is 0 Å². The van der Waals surface area contributed by atoms with Crippen LogP contribution in [0.3, 0.4) is 0 Å². The summed E-state index contributed by atoms with van der Waals surface area (Å²) in [4.78, 5) is 0. The summed E-state index contributed by atoms with van der Waals surface area (Å²) in [5.74, 6) is 0. The number of benzene rings is 1. The molecule has 0 saturated heterocycles. The molecule has 1 rings (SSSR count). The van der Waals surface area contributed by atoms with Crippen molar-refractivity contribution in [1.82, 2.24) is 0 Å². The molecular formula is C8H10O3Se. The van der Waals surface area contributed by atoms with Crippen LogP contribution in [0.15, 0.2) is 24.3 Å². The van der Waals surface area contributed by atoms with E-state index in [1.807, 2.05) is 0 Å². The average Bonchev–Trinajstić information content (AvgIpc) is 2.05. The first-order valence-electron chi connectivity index (χ1n) is 3.44. The Morgan fingerprint density at radius 2 is 1.83 bits per heavy atom. The van der Waals surface area contributed by atoms with Crippen molar-refractivity contribution in [2.45, 2.75) is 6.92 Å². The number of aryl methyl sites for hydroxylation is 1. The third-order valence-corrected chi connectivity index (χ3v) is 4.59. The Morgan fingerprint density at radius 3 is 2.33 bits per heavy atom. The molecule has 3 nitrogen and oxygen atoms in total. The molecule has 0 fully saturated rings. The van der Waals surface area contributed by atoms with Crippen LogP contribution < -0.4 is 4.46 Å². The van der Waals surface area contributed by atoms with E-state index < -0.39 is 13.0 Å². The molecule has 0 bridgehead atoms. The standard InChI is InChI=1S/C8H10O3Se/c1-7-5-3-4-6-8(7)12(9,10)11-2/h3-6H,1-2H3. The molecule has 0 aromatic heterocycles. The van der Waals surface area contributed by atoms with Gasteiger partial charge >= 0.3 is 72.9 Å². The zero-order valence-corrected chi connectivity index (χ0v) is 8.66. The van der Waals surface area contributed by atoms with Gasteiger partial charge in [-0.1, -0.05) is 0 Å². The summed E-state index contributed by atoms with van der Waals surface area (Å²) < 4.78 is 27.3. The van der Waals surface area contributed by atoms with Crippen LogP contribution in [0.25, 0.3) is 0 Å². The van der Waals surface area contributed by atoms with Crippen LogP contribution in [0.5, 0.6) is 0 Å². The summed E-state index contributed by atoms with van der Waals surface area (Å²) in [6, 6.07) is 6.78. The Hall–Kier alpha value is -0.701. The number of hydrogen-bond acceptors (Lipinski definition) is 3. The Labute approximate surface area is 73.3 Å². The SMILES string of the molecule is CO[Se](=O)(=O)c1ccccc1C. The molecule has 66 valence electrons. The fourth-order valence-corrected chi connectivity index (χ4v) is 2.79. The van der Waals surface area contributed by atoms with E-state index in [2.05, 4.69) is 3.82 Å². The van der Waals surface area contributed by atoms with E-state index in [0.717, 1.165) is 5.56 Å². The van der Waals surface area contributed by atoms with Gasteiger partial charge in [0.1, 0.15) is 0 Å². The van der Waals surface area contributed by atoms with E-state index in [1.54, 1.807) is 31.2 Å². The third kappa shape index (κ3) is 1.72. The molecule has 4 heteroatoms. The van der Waals surface area contributed by atoms with Gasteiger partial charge in [-0.3, -0.25) is 0 Å². The molecule has 0 N–H and O–H groups in total. The van der Waals surface area contributed by atoms with Crippen LogP contribution in [0.4, 0.5) is 0 Å². The van der Waals surface area contributed by atoms with Crippen molar-refractivity contribution < 1.29 is 11.5 Å². The quantitative estimate of drug-likeness (QED) is 0.704. The molecule has 0 saturated carbocycles. The summed E-state index contributed by atoms with van der Waals surface area (Å²) in [5.41, 5.74) is 0.726. The summed E-state index contributed by atoms with van der Waals surface area (Å²) in [6.07, 6.45) is 0. The van der Waals surface area contributed by atoms with Crippen molar-refractivity contribution in [3.05, 3.63) is 29.8 Å². The molecule has 12 heavy (non-hydrogen) atoms. The van der Waals surface area contributed by atoms with Crippen LogP contribution >= 0.6 is 0 Å². The molecule has 0 aliphatic heterocycles. The van der Waals surface area contributed by atoms with Crippen LogP contribution in [-0.4, -0.2) is 20.1 Å². The second kappa shape index (κ2) is 3.35. The summed E-state index contributed by atoms with van der Waals surface area (Å²) >= 11 is -4.28. The first-order valence-corrected chi connectivity index (χ1v) is 6.39. The predicted octanol–water partition coefficient (Wildman–Crippen LogP) is 0.648. The Morgan fingerprint density at radius 1 is 1.25 bits per heavy atom. The zero-order chi connectivity index (χ0) is 9.19. The first-order chi connectivity index (χ1) is 5.58. The van der Waals surface area contributed by atoms with Gasteiger partial charge in [0.2, 0.25) is 0 Å². The number of hydrogen-bond donors (Lipinski definition) is 0. The van der Waals surface area contributed by atoms with E-state index in [1.165, 1.54) is 7.11 Å². The number of rotatable bonds is 2. The van der Waals surface area contributed by atoms with E-state index >= 15 is 0 Å². The Balaban J connectivity index is 3.30. The maximum atomic E-state index is 11.3. The van der Waals surface area contributed by atoms with E-state index in [0.29, 0.717) is 4.46 Å². The van der Waals surface area contributed by atoms with Crippen LogP contribution in [0, 0.1) is 6.92 Å². The summed E-state index contributed by atoms with van der Waals surface area (Å²) in [5, 5.41) is 0. The molecule has 1 aromatic carbocycles. The molecule has 0 radical (unpaired) electrons. The predicted molar refractivity (Wildman–Crippen MR) is 44.9 cm³/mol. The van der Waals surface area contributed by atoms with Gasteiger partial charge < -0.3 is 0 Å². The van der Waals surface area contributed by atoms with Crippen molar-refractivity contribution in [3.8, 4) is 0 Å². The molecule has 0 unspecified atom stereocenters. The second-order valence-corrected chi connectivity index (χ2v) is 5.91.